The molecule has 0 aliphatic heterocycles. The first-order valence-electron chi connectivity index (χ1n) is 5.27. The summed E-state index contributed by atoms with van der Waals surface area (Å²) in [5.74, 6) is -0.448. The Bertz CT molecular complexity index is 389. The second kappa shape index (κ2) is 4.96. The summed E-state index contributed by atoms with van der Waals surface area (Å²) >= 11 is 0. The van der Waals surface area contributed by atoms with Crippen LogP contribution in [0.5, 0.6) is 0 Å². The van der Waals surface area contributed by atoms with Crippen LogP contribution in [-0.4, -0.2) is 26.1 Å². The first kappa shape index (κ1) is 13.8. The van der Waals surface area contributed by atoms with Crippen LogP contribution in [0.1, 0.15) is 12.5 Å². The highest BCUT2D eigenvalue weighted by molar-refractivity contribution is 5.53. The maximum atomic E-state index is 13.1. The van der Waals surface area contributed by atoms with Gasteiger partial charge in [0.25, 0.3) is 6.43 Å². The van der Waals surface area contributed by atoms with Crippen molar-refractivity contribution in [1.82, 2.24) is 0 Å². The van der Waals surface area contributed by atoms with Crippen LogP contribution in [0.3, 0.4) is 0 Å². The molecule has 5 heteroatoms. The average molecular weight is 246 g/mol. The van der Waals surface area contributed by atoms with Crippen molar-refractivity contribution < 1.29 is 13.2 Å². The van der Waals surface area contributed by atoms with Crippen molar-refractivity contribution in [2.75, 3.05) is 19.0 Å². The van der Waals surface area contributed by atoms with Gasteiger partial charge < -0.3 is 10.6 Å². The fraction of sp³-hybridized carbons (Fsp3) is 0.500. The lowest BCUT2D eigenvalue weighted by Gasteiger charge is -2.26. The van der Waals surface area contributed by atoms with Crippen LogP contribution < -0.4 is 10.6 Å². The molecule has 17 heavy (non-hydrogen) atoms. The van der Waals surface area contributed by atoms with E-state index in [0.717, 1.165) is 0 Å². The van der Waals surface area contributed by atoms with Crippen LogP contribution in [0.25, 0.3) is 0 Å². The van der Waals surface area contributed by atoms with E-state index in [2.05, 4.69) is 0 Å². The van der Waals surface area contributed by atoms with E-state index in [-0.39, 0.29) is 6.42 Å². The van der Waals surface area contributed by atoms with E-state index in [1.807, 2.05) is 0 Å². The van der Waals surface area contributed by atoms with Gasteiger partial charge in [0, 0.05) is 19.8 Å². The van der Waals surface area contributed by atoms with Crippen LogP contribution in [0.4, 0.5) is 18.9 Å². The number of benzene rings is 1. The lowest BCUT2D eigenvalue weighted by Crippen LogP contribution is -2.46. The van der Waals surface area contributed by atoms with Gasteiger partial charge >= 0.3 is 0 Å². The Balaban J connectivity index is 3.08. The van der Waals surface area contributed by atoms with Gasteiger partial charge in [-0.2, -0.15) is 0 Å². The highest BCUT2D eigenvalue weighted by Gasteiger charge is 2.31. The summed E-state index contributed by atoms with van der Waals surface area (Å²) in [4.78, 5) is 1.75. The van der Waals surface area contributed by atoms with Gasteiger partial charge in [-0.1, -0.05) is 0 Å². The van der Waals surface area contributed by atoms with E-state index >= 15 is 0 Å². The largest absolute Gasteiger partial charge is 0.377 e. The van der Waals surface area contributed by atoms with Crippen molar-refractivity contribution in [3.63, 3.8) is 0 Å². The molecule has 1 rings (SSSR count). The van der Waals surface area contributed by atoms with Crippen molar-refractivity contribution in [2.24, 2.45) is 5.73 Å². The quantitative estimate of drug-likeness (QED) is 0.884. The minimum Gasteiger partial charge on any atom is -0.377 e. The number of alkyl halides is 2. The molecule has 0 radical (unpaired) electrons. The number of nitrogens with two attached hydrogens (primary N) is 1. The molecule has 1 aromatic carbocycles. The second-order valence-electron chi connectivity index (χ2n) is 4.65. The standard InChI is InChI=1S/C12H17F3N2/c1-12(16,11(14)15)7-8-6-9(13)4-5-10(8)17(2)3/h4-6,11H,7,16H2,1-3H3. The highest BCUT2D eigenvalue weighted by Crippen LogP contribution is 2.26. The molecule has 0 amide bonds. The number of rotatable bonds is 4. The summed E-state index contributed by atoms with van der Waals surface area (Å²) in [5.41, 5.74) is 5.05. The molecule has 0 heterocycles. The Morgan fingerprint density at radius 1 is 1.35 bits per heavy atom. The van der Waals surface area contributed by atoms with Gasteiger partial charge in [-0.15, -0.1) is 0 Å². The van der Waals surface area contributed by atoms with Crippen LogP contribution in [0.15, 0.2) is 18.2 Å². The average Bonchev–Trinajstić information content (AvgIpc) is 2.15. The maximum Gasteiger partial charge on any atom is 0.256 e. The van der Waals surface area contributed by atoms with E-state index in [1.165, 1.54) is 19.1 Å². The Kier molecular flexibility index (Phi) is 4.03. The van der Waals surface area contributed by atoms with Crippen molar-refractivity contribution in [3.05, 3.63) is 29.6 Å². The molecule has 0 aliphatic carbocycles. The van der Waals surface area contributed by atoms with Crippen LogP contribution in [0, 0.1) is 5.82 Å². The first-order chi connectivity index (χ1) is 7.74. The van der Waals surface area contributed by atoms with E-state index in [0.29, 0.717) is 11.3 Å². The molecule has 0 saturated carbocycles. The topological polar surface area (TPSA) is 29.3 Å². The third-order valence-electron chi connectivity index (χ3n) is 2.59. The molecule has 1 aromatic rings. The second-order valence-corrected chi connectivity index (χ2v) is 4.65. The molecule has 1 unspecified atom stereocenters. The van der Waals surface area contributed by atoms with Gasteiger partial charge in [0.05, 0.1) is 5.54 Å². The summed E-state index contributed by atoms with van der Waals surface area (Å²) in [7, 11) is 3.54. The molecule has 0 aliphatic rings. The van der Waals surface area contributed by atoms with Gasteiger partial charge in [0.1, 0.15) is 5.82 Å². The first-order valence-corrected chi connectivity index (χ1v) is 5.27. The Labute approximate surface area is 99.2 Å². The van der Waals surface area contributed by atoms with E-state index in [1.54, 1.807) is 25.1 Å². The molecule has 0 fully saturated rings. The smallest absolute Gasteiger partial charge is 0.256 e. The molecule has 0 bridgehead atoms. The number of nitrogens with zero attached hydrogens (tertiary/aromatic N) is 1. The van der Waals surface area contributed by atoms with Crippen LogP contribution in [0.2, 0.25) is 0 Å². The fourth-order valence-corrected chi connectivity index (χ4v) is 1.62. The molecule has 1 atom stereocenters. The van der Waals surface area contributed by atoms with Crippen molar-refractivity contribution in [2.45, 2.75) is 25.3 Å². The summed E-state index contributed by atoms with van der Waals surface area (Å²) < 4.78 is 38.5. The normalized spacial score (nSPS) is 14.8. The number of halogens is 3. The van der Waals surface area contributed by atoms with Gasteiger partial charge in [-0.25, -0.2) is 13.2 Å². The minimum absolute atomic E-state index is 0.0735. The molecule has 0 aromatic heterocycles. The summed E-state index contributed by atoms with van der Waals surface area (Å²) in [5, 5.41) is 0. The zero-order valence-electron chi connectivity index (χ0n) is 10.2. The zero-order valence-corrected chi connectivity index (χ0v) is 10.2. The lowest BCUT2D eigenvalue weighted by molar-refractivity contribution is 0.0639. The van der Waals surface area contributed by atoms with Gasteiger partial charge in [0.15, 0.2) is 0 Å². The van der Waals surface area contributed by atoms with E-state index in [9.17, 15) is 13.2 Å². The van der Waals surface area contributed by atoms with Gasteiger partial charge in [0.2, 0.25) is 0 Å². The molecule has 2 N–H and O–H groups in total. The molecule has 96 valence electrons. The Morgan fingerprint density at radius 2 is 1.94 bits per heavy atom. The monoisotopic (exact) mass is 246 g/mol. The van der Waals surface area contributed by atoms with Gasteiger partial charge in [-0.05, 0) is 37.1 Å². The minimum atomic E-state index is -2.65. The van der Waals surface area contributed by atoms with Crippen molar-refractivity contribution in [1.29, 1.82) is 0 Å². The van der Waals surface area contributed by atoms with Crippen molar-refractivity contribution >= 4 is 5.69 Å². The zero-order chi connectivity index (χ0) is 13.2. The predicted molar refractivity (Wildman–Crippen MR) is 63.0 cm³/mol. The third kappa shape index (κ3) is 3.36. The lowest BCUT2D eigenvalue weighted by atomic mass is 9.93. The van der Waals surface area contributed by atoms with E-state index in [4.69, 9.17) is 5.73 Å². The number of hydrogen-bond acceptors (Lipinski definition) is 2. The molecule has 2 nitrogen and oxygen atoms in total. The summed E-state index contributed by atoms with van der Waals surface area (Å²) in [6.07, 6.45) is -2.73. The Hall–Kier alpha value is -1.23. The molecular weight excluding hydrogens is 229 g/mol. The predicted octanol–water partition coefficient (Wildman–Crippen LogP) is 2.42. The SMILES string of the molecule is CN(C)c1ccc(F)cc1CC(C)(N)C(F)F. The number of hydrogen-bond donors (Lipinski definition) is 1. The van der Waals surface area contributed by atoms with Crippen molar-refractivity contribution in [3.8, 4) is 0 Å². The summed E-state index contributed by atoms with van der Waals surface area (Å²) in [6, 6.07) is 4.12. The van der Waals surface area contributed by atoms with E-state index < -0.39 is 17.8 Å². The third-order valence-corrected chi connectivity index (χ3v) is 2.59. The fourth-order valence-electron chi connectivity index (χ4n) is 1.62. The highest BCUT2D eigenvalue weighted by atomic mass is 19.3. The number of anilines is 1. The molecule has 0 spiro atoms. The summed E-state index contributed by atoms with van der Waals surface area (Å²) in [6.45, 7) is 1.27. The van der Waals surface area contributed by atoms with Crippen LogP contribution in [-0.2, 0) is 6.42 Å². The molecular formula is C12H17F3N2. The van der Waals surface area contributed by atoms with Crippen LogP contribution >= 0.6 is 0 Å². The Morgan fingerprint density at radius 3 is 2.41 bits per heavy atom. The molecule has 0 saturated heterocycles. The van der Waals surface area contributed by atoms with Gasteiger partial charge in [-0.3, -0.25) is 0 Å². The maximum absolute atomic E-state index is 13.1.